The highest BCUT2D eigenvalue weighted by Gasteiger charge is 2.01. The largest absolute Gasteiger partial charge is 0.489 e. The van der Waals surface area contributed by atoms with Crippen molar-refractivity contribution < 1.29 is 9.84 Å². The SMILES string of the molecule is Cc1ccc(Cl)cc1OCc1ccc(C#CCCO)cc1. The van der Waals surface area contributed by atoms with Crippen LogP contribution in [-0.4, -0.2) is 11.7 Å². The number of aryl methyl sites for hydroxylation is 1. The van der Waals surface area contributed by atoms with Gasteiger partial charge in [0.15, 0.2) is 0 Å². The van der Waals surface area contributed by atoms with Crippen molar-refractivity contribution in [3.63, 3.8) is 0 Å². The molecule has 0 unspecified atom stereocenters. The first-order valence-corrected chi connectivity index (χ1v) is 7.14. The number of hydrogen-bond acceptors (Lipinski definition) is 2. The van der Waals surface area contributed by atoms with Crippen LogP contribution in [0.4, 0.5) is 0 Å². The average molecular weight is 301 g/mol. The Labute approximate surface area is 130 Å². The summed E-state index contributed by atoms with van der Waals surface area (Å²) in [6.07, 6.45) is 0.499. The fraction of sp³-hybridized carbons (Fsp3) is 0.222. The molecule has 2 aromatic carbocycles. The third-order valence-electron chi connectivity index (χ3n) is 2.97. The number of hydrogen-bond donors (Lipinski definition) is 1. The van der Waals surface area contributed by atoms with Crippen LogP contribution in [0, 0.1) is 18.8 Å². The van der Waals surface area contributed by atoms with Crippen molar-refractivity contribution in [3.8, 4) is 17.6 Å². The van der Waals surface area contributed by atoms with E-state index >= 15 is 0 Å². The van der Waals surface area contributed by atoms with E-state index < -0.39 is 0 Å². The summed E-state index contributed by atoms with van der Waals surface area (Å²) in [7, 11) is 0. The summed E-state index contributed by atoms with van der Waals surface area (Å²) in [6.45, 7) is 2.58. The first-order chi connectivity index (χ1) is 10.2. The molecule has 2 aromatic rings. The van der Waals surface area contributed by atoms with E-state index in [0.717, 1.165) is 22.4 Å². The minimum absolute atomic E-state index is 0.0951. The molecule has 0 saturated heterocycles. The highest BCUT2D eigenvalue weighted by molar-refractivity contribution is 6.30. The number of benzene rings is 2. The van der Waals surface area contributed by atoms with Gasteiger partial charge in [-0.1, -0.05) is 41.6 Å². The standard InChI is InChI=1S/C18H17ClO2/c1-14-5-10-17(19)12-18(14)21-13-16-8-6-15(7-9-16)4-2-3-11-20/h5-10,12,20H,3,11,13H2,1H3. The first-order valence-electron chi connectivity index (χ1n) is 6.76. The van der Waals surface area contributed by atoms with Gasteiger partial charge < -0.3 is 9.84 Å². The Morgan fingerprint density at radius 2 is 1.90 bits per heavy atom. The van der Waals surface area contributed by atoms with Gasteiger partial charge in [-0.15, -0.1) is 0 Å². The maximum absolute atomic E-state index is 8.68. The average Bonchev–Trinajstić information content (AvgIpc) is 2.50. The zero-order valence-electron chi connectivity index (χ0n) is 11.9. The Morgan fingerprint density at radius 3 is 2.62 bits per heavy atom. The molecule has 2 nitrogen and oxygen atoms in total. The summed E-state index contributed by atoms with van der Waals surface area (Å²) in [5.41, 5.74) is 3.07. The van der Waals surface area contributed by atoms with E-state index in [1.807, 2.05) is 49.4 Å². The summed E-state index contributed by atoms with van der Waals surface area (Å²) < 4.78 is 5.79. The molecule has 21 heavy (non-hydrogen) atoms. The topological polar surface area (TPSA) is 29.5 Å². The molecule has 0 aliphatic heterocycles. The zero-order valence-corrected chi connectivity index (χ0v) is 12.7. The second-order valence-corrected chi connectivity index (χ2v) is 5.11. The van der Waals surface area contributed by atoms with Gasteiger partial charge in [-0.25, -0.2) is 0 Å². The minimum atomic E-state index is 0.0951. The normalized spacial score (nSPS) is 9.86. The van der Waals surface area contributed by atoms with Crippen LogP contribution in [0.25, 0.3) is 0 Å². The highest BCUT2D eigenvalue weighted by Crippen LogP contribution is 2.23. The predicted octanol–water partition coefficient (Wildman–Crippen LogP) is 3.96. The summed E-state index contributed by atoms with van der Waals surface area (Å²) in [5.74, 6) is 6.69. The van der Waals surface area contributed by atoms with E-state index in [-0.39, 0.29) is 6.61 Å². The molecule has 0 aliphatic carbocycles. The van der Waals surface area contributed by atoms with E-state index in [1.54, 1.807) is 0 Å². The molecule has 0 saturated carbocycles. The van der Waals surface area contributed by atoms with Gasteiger partial charge in [0.25, 0.3) is 0 Å². The van der Waals surface area contributed by atoms with E-state index in [0.29, 0.717) is 18.1 Å². The molecule has 3 heteroatoms. The maximum atomic E-state index is 8.68. The van der Waals surface area contributed by atoms with Crippen molar-refractivity contribution in [1.82, 2.24) is 0 Å². The van der Waals surface area contributed by atoms with E-state index in [9.17, 15) is 0 Å². The number of aliphatic hydroxyl groups excluding tert-OH is 1. The maximum Gasteiger partial charge on any atom is 0.124 e. The van der Waals surface area contributed by atoms with Gasteiger partial charge in [-0.3, -0.25) is 0 Å². The fourth-order valence-electron chi connectivity index (χ4n) is 1.80. The number of ether oxygens (including phenoxy) is 1. The summed E-state index contributed by atoms with van der Waals surface area (Å²) >= 11 is 5.97. The van der Waals surface area contributed by atoms with Gasteiger partial charge >= 0.3 is 0 Å². The van der Waals surface area contributed by atoms with Crippen LogP contribution in [0.5, 0.6) is 5.75 Å². The molecule has 0 amide bonds. The van der Waals surface area contributed by atoms with Crippen LogP contribution in [0.1, 0.15) is 23.1 Å². The summed E-state index contributed by atoms with van der Waals surface area (Å²) in [4.78, 5) is 0. The monoisotopic (exact) mass is 300 g/mol. The molecular weight excluding hydrogens is 284 g/mol. The van der Waals surface area contributed by atoms with Crippen molar-refractivity contribution >= 4 is 11.6 Å². The smallest absolute Gasteiger partial charge is 0.124 e. The van der Waals surface area contributed by atoms with Gasteiger partial charge in [-0.2, -0.15) is 0 Å². The molecule has 108 valence electrons. The Balaban J connectivity index is 1.98. The van der Waals surface area contributed by atoms with Crippen molar-refractivity contribution in [3.05, 3.63) is 64.2 Å². The number of aliphatic hydroxyl groups is 1. The van der Waals surface area contributed by atoms with E-state index in [2.05, 4.69) is 11.8 Å². The molecule has 0 aliphatic rings. The summed E-state index contributed by atoms with van der Waals surface area (Å²) in [6, 6.07) is 13.5. The summed E-state index contributed by atoms with van der Waals surface area (Å²) in [5, 5.41) is 9.35. The molecular formula is C18H17ClO2. The second kappa shape index (κ2) is 7.73. The third kappa shape index (κ3) is 4.82. The molecule has 1 N–H and O–H groups in total. The molecule has 0 atom stereocenters. The Bertz CT molecular complexity index is 651. The van der Waals surface area contributed by atoms with Crippen molar-refractivity contribution in [1.29, 1.82) is 0 Å². The molecule has 0 aromatic heterocycles. The fourth-order valence-corrected chi connectivity index (χ4v) is 1.96. The van der Waals surface area contributed by atoms with Gasteiger partial charge in [0.05, 0.1) is 6.61 Å². The molecule has 0 bridgehead atoms. The van der Waals surface area contributed by atoms with Crippen molar-refractivity contribution in [2.24, 2.45) is 0 Å². The third-order valence-corrected chi connectivity index (χ3v) is 3.20. The molecule has 2 rings (SSSR count). The lowest BCUT2D eigenvalue weighted by Crippen LogP contribution is -1.97. The highest BCUT2D eigenvalue weighted by atomic mass is 35.5. The van der Waals surface area contributed by atoms with Crippen LogP contribution >= 0.6 is 11.6 Å². The van der Waals surface area contributed by atoms with Crippen molar-refractivity contribution in [2.45, 2.75) is 20.0 Å². The lowest BCUT2D eigenvalue weighted by atomic mass is 10.1. The van der Waals surface area contributed by atoms with Crippen molar-refractivity contribution in [2.75, 3.05) is 6.61 Å². The quantitative estimate of drug-likeness (QED) is 0.866. The predicted molar refractivity (Wildman–Crippen MR) is 85.5 cm³/mol. The Hall–Kier alpha value is -1.95. The van der Waals surface area contributed by atoms with Crippen LogP contribution < -0.4 is 4.74 Å². The van der Waals surface area contributed by atoms with Gasteiger partial charge in [0, 0.05) is 17.0 Å². The van der Waals surface area contributed by atoms with Gasteiger partial charge in [0.2, 0.25) is 0 Å². The van der Waals surface area contributed by atoms with Crippen LogP contribution in [-0.2, 0) is 6.61 Å². The van der Waals surface area contributed by atoms with E-state index in [4.69, 9.17) is 21.4 Å². The lowest BCUT2D eigenvalue weighted by molar-refractivity contribution is 0.304. The number of rotatable bonds is 4. The van der Waals surface area contributed by atoms with Crippen LogP contribution in [0.15, 0.2) is 42.5 Å². The Morgan fingerprint density at radius 1 is 1.14 bits per heavy atom. The van der Waals surface area contributed by atoms with Crippen LogP contribution in [0.3, 0.4) is 0 Å². The Kier molecular flexibility index (Phi) is 5.68. The van der Waals surface area contributed by atoms with E-state index in [1.165, 1.54) is 0 Å². The minimum Gasteiger partial charge on any atom is -0.489 e. The van der Waals surface area contributed by atoms with Gasteiger partial charge in [0.1, 0.15) is 12.4 Å². The molecule has 0 fully saturated rings. The number of halogens is 1. The van der Waals surface area contributed by atoms with Gasteiger partial charge in [-0.05, 0) is 42.3 Å². The second-order valence-electron chi connectivity index (χ2n) is 4.67. The zero-order chi connectivity index (χ0) is 15.1. The molecule has 0 heterocycles. The van der Waals surface area contributed by atoms with Crippen LogP contribution in [0.2, 0.25) is 5.02 Å². The first kappa shape index (κ1) is 15.4. The molecule has 0 radical (unpaired) electrons. The molecule has 0 spiro atoms. The lowest BCUT2D eigenvalue weighted by Gasteiger charge is -2.09.